The van der Waals surface area contributed by atoms with Crippen LogP contribution >= 0.6 is 0 Å². The number of rotatable bonds is 6. The van der Waals surface area contributed by atoms with E-state index in [0.717, 1.165) is 23.9 Å². The minimum atomic E-state index is -0.615. The van der Waals surface area contributed by atoms with E-state index in [4.69, 9.17) is 9.47 Å². The van der Waals surface area contributed by atoms with Gasteiger partial charge in [-0.25, -0.2) is 4.79 Å². The number of hydrogen-bond donors (Lipinski definition) is 0. The Morgan fingerprint density at radius 2 is 1.73 bits per heavy atom. The normalized spacial score (nSPS) is 18.2. The molecule has 3 aromatic rings. The number of carbonyl (C=O) groups is 2. The zero-order valence-corrected chi connectivity index (χ0v) is 18.6. The van der Waals surface area contributed by atoms with Crippen LogP contribution in [0.3, 0.4) is 0 Å². The molecule has 0 spiro atoms. The topological polar surface area (TPSA) is 104 Å². The van der Waals surface area contributed by atoms with E-state index in [2.05, 4.69) is 24.2 Å². The molecule has 9 heteroatoms. The number of aromatic nitrogens is 3. The maximum Gasteiger partial charge on any atom is 0.339 e. The number of carbonyl (C=O) groups excluding carboxylic acids is 2. The Kier molecular flexibility index (Phi) is 6.67. The van der Waals surface area contributed by atoms with Crippen LogP contribution in [0.2, 0.25) is 0 Å². The lowest BCUT2D eigenvalue weighted by Crippen LogP contribution is -2.49. The molecule has 172 valence electrons. The van der Waals surface area contributed by atoms with Crippen LogP contribution in [0.4, 0.5) is 0 Å². The van der Waals surface area contributed by atoms with Gasteiger partial charge in [0.05, 0.1) is 10.9 Å². The number of hydrogen-bond acceptors (Lipinski definition) is 7. The number of nitrogens with zero attached hydrogens (tertiary/aromatic N) is 4. The molecule has 0 N–H and O–H groups in total. The first-order valence-electron chi connectivity index (χ1n) is 11.0. The number of likely N-dealkylation sites (tertiary alicyclic amines) is 1. The van der Waals surface area contributed by atoms with E-state index >= 15 is 0 Å². The van der Waals surface area contributed by atoms with Crippen LogP contribution in [0.1, 0.15) is 43.5 Å². The van der Waals surface area contributed by atoms with Crippen molar-refractivity contribution >= 4 is 22.8 Å². The summed E-state index contributed by atoms with van der Waals surface area (Å²) in [6.45, 7) is 3.72. The van der Waals surface area contributed by atoms with Crippen LogP contribution in [-0.2, 0) is 16.3 Å². The quantitative estimate of drug-likeness (QED) is 0.532. The molecule has 2 heterocycles. The van der Waals surface area contributed by atoms with Gasteiger partial charge in [0.2, 0.25) is 0 Å². The number of amides is 1. The second-order valence-corrected chi connectivity index (χ2v) is 8.22. The van der Waals surface area contributed by atoms with Gasteiger partial charge in [0.15, 0.2) is 13.3 Å². The summed E-state index contributed by atoms with van der Waals surface area (Å²) in [6.07, 6.45) is 3.14. The molecular weight excluding hydrogens is 424 g/mol. The van der Waals surface area contributed by atoms with Gasteiger partial charge in [-0.1, -0.05) is 17.3 Å². The predicted molar refractivity (Wildman–Crippen MR) is 121 cm³/mol. The van der Waals surface area contributed by atoms with Crippen molar-refractivity contribution in [2.45, 2.75) is 51.9 Å². The van der Waals surface area contributed by atoms with Gasteiger partial charge in [-0.3, -0.25) is 9.59 Å². The van der Waals surface area contributed by atoms with Crippen molar-refractivity contribution in [3.8, 4) is 5.75 Å². The first-order chi connectivity index (χ1) is 15.9. The third-order valence-corrected chi connectivity index (χ3v) is 5.88. The highest BCUT2D eigenvalue weighted by Gasteiger charge is 2.29. The van der Waals surface area contributed by atoms with Gasteiger partial charge >= 0.3 is 5.97 Å². The van der Waals surface area contributed by atoms with E-state index in [1.165, 1.54) is 0 Å². The summed E-state index contributed by atoms with van der Waals surface area (Å²) in [6, 6.07) is 13.5. The number of esters is 1. The number of ether oxygens (including phenoxy) is 2. The minimum Gasteiger partial charge on any atom is -0.484 e. The SMILES string of the molecule is CC1CCCC(C)N1C(=O)COc1ccc(C(=O)OCn2nnc3ccccc3c2=O)cc1. The summed E-state index contributed by atoms with van der Waals surface area (Å²) in [5.41, 5.74) is 0.372. The van der Waals surface area contributed by atoms with Crippen molar-refractivity contribution in [3.05, 3.63) is 64.4 Å². The number of piperidine rings is 1. The Morgan fingerprint density at radius 3 is 2.45 bits per heavy atom. The highest BCUT2D eigenvalue weighted by atomic mass is 16.5. The lowest BCUT2D eigenvalue weighted by Gasteiger charge is -2.38. The summed E-state index contributed by atoms with van der Waals surface area (Å²) in [4.78, 5) is 39.3. The molecule has 1 amide bonds. The average Bonchev–Trinajstić information content (AvgIpc) is 2.82. The van der Waals surface area contributed by atoms with E-state index < -0.39 is 5.97 Å². The Hall–Kier alpha value is -3.75. The van der Waals surface area contributed by atoms with E-state index in [0.29, 0.717) is 16.7 Å². The zero-order chi connectivity index (χ0) is 23.4. The van der Waals surface area contributed by atoms with Gasteiger partial charge in [0, 0.05) is 12.1 Å². The average molecular weight is 450 g/mol. The summed E-state index contributed by atoms with van der Waals surface area (Å²) in [7, 11) is 0. The molecule has 0 radical (unpaired) electrons. The summed E-state index contributed by atoms with van der Waals surface area (Å²) >= 11 is 0. The molecule has 2 unspecified atom stereocenters. The Balaban J connectivity index is 1.32. The largest absolute Gasteiger partial charge is 0.484 e. The Bertz CT molecular complexity index is 1200. The second kappa shape index (κ2) is 9.81. The highest BCUT2D eigenvalue weighted by molar-refractivity contribution is 5.89. The fourth-order valence-corrected chi connectivity index (χ4v) is 4.13. The maximum atomic E-state index is 12.6. The zero-order valence-electron chi connectivity index (χ0n) is 18.6. The van der Waals surface area contributed by atoms with Crippen molar-refractivity contribution in [1.82, 2.24) is 19.9 Å². The monoisotopic (exact) mass is 450 g/mol. The molecule has 1 aliphatic heterocycles. The molecule has 2 aromatic carbocycles. The Morgan fingerprint density at radius 1 is 1.03 bits per heavy atom. The fourth-order valence-electron chi connectivity index (χ4n) is 4.13. The first kappa shape index (κ1) is 22.4. The molecule has 1 fully saturated rings. The molecule has 4 rings (SSSR count). The molecule has 0 bridgehead atoms. The van der Waals surface area contributed by atoms with Crippen molar-refractivity contribution < 1.29 is 19.1 Å². The summed E-state index contributed by atoms with van der Waals surface area (Å²) in [5.74, 6) is -0.176. The third-order valence-electron chi connectivity index (χ3n) is 5.88. The van der Waals surface area contributed by atoms with Crippen molar-refractivity contribution in [2.75, 3.05) is 6.61 Å². The van der Waals surface area contributed by atoms with Gasteiger partial charge in [0.1, 0.15) is 11.3 Å². The molecule has 0 saturated carbocycles. The van der Waals surface area contributed by atoms with E-state index in [1.807, 2.05) is 4.90 Å². The summed E-state index contributed by atoms with van der Waals surface area (Å²) < 4.78 is 11.8. The van der Waals surface area contributed by atoms with Crippen LogP contribution < -0.4 is 10.3 Å². The van der Waals surface area contributed by atoms with Crippen molar-refractivity contribution in [2.24, 2.45) is 0 Å². The van der Waals surface area contributed by atoms with Crippen LogP contribution in [0.5, 0.6) is 5.75 Å². The first-order valence-corrected chi connectivity index (χ1v) is 11.0. The highest BCUT2D eigenvalue weighted by Crippen LogP contribution is 2.23. The Labute approximate surface area is 190 Å². The van der Waals surface area contributed by atoms with Crippen molar-refractivity contribution in [3.63, 3.8) is 0 Å². The molecular formula is C24H26N4O5. The molecule has 1 aliphatic rings. The molecule has 1 saturated heterocycles. The van der Waals surface area contributed by atoms with E-state index in [-0.39, 0.29) is 42.5 Å². The second-order valence-electron chi connectivity index (χ2n) is 8.22. The lowest BCUT2D eigenvalue weighted by atomic mass is 9.97. The smallest absolute Gasteiger partial charge is 0.339 e. The lowest BCUT2D eigenvalue weighted by molar-refractivity contribution is -0.139. The number of fused-ring (bicyclic) bond motifs is 1. The van der Waals surface area contributed by atoms with Crippen LogP contribution in [-0.4, -0.2) is 50.5 Å². The van der Waals surface area contributed by atoms with Crippen LogP contribution in [0.15, 0.2) is 53.3 Å². The van der Waals surface area contributed by atoms with Gasteiger partial charge in [-0.15, -0.1) is 5.10 Å². The maximum absolute atomic E-state index is 12.6. The van der Waals surface area contributed by atoms with Crippen LogP contribution in [0.25, 0.3) is 10.9 Å². The third kappa shape index (κ3) is 5.02. The standard InChI is InChI=1S/C24H26N4O5/c1-16-6-5-7-17(2)28(16)22(29)14-32-19-12-10-18(11-13-19)24(31)33-15-27-23(30)20-8-3-4-9-21(20)25-26-27/h3-4,8-13,16-17H,5-7,14-15H2,1-2H3. The van der Waals surface area contributed by atoms with Gasteiger partial charge in [-0.05, 0) is 69.5 Å². The van der Waals surface area contributed by atoms with E-state index in [9.17, 15) is 14.4 Å². The molecule has 2 atom stereocenters. The summed E-state index contributed by atoms with van der Waals surface area (Å²) in [5, 5.41) is 8.15. The van der Waals surface area contributed by atoms with Crippen LogP contribution in [0, 0.1) is 0 Å². The van der Waals surface area contributed by atoms with E-state index in [1.54, 1.807) is 48.5 Å². The molecule has 0 aliphatic carbocycles. The minimum absolute atomic E-state index is 0.0416. The number of benzene rings is 2. The van der Waals surface area contributed by atoms with Gasteiger partial charge in [-0.2, -0.15) is 4.68 Å². The predicted octanol–water partition coefficient (Wildman–Crippen LogP) is 2.77. The van der Waals surface area contributed by atoms with Gasteiger partial charge in [0.25, 0.3) is 11.5 Å². The molecule has 1 aromatic heterocycles. The van der Waals surface area contributed by atoms with Gasteiger partial charge < -0.3 is 14.4 Å². The fraction of sp³-hybridized carbons (Fsp3) is 0.375. The van der Waals surface area contributed by atoms with Crippen molar-refractivity contribution in [1.29, 1.82) is 0 Å². The molecule has 33 heavy (non-hydrogen) atoms. The molecule has 9 nitrogen and oxygen atoms in total.